The van der Waals surface area contributed by atoms with Gasteiger partial charge in [-0.2, -0.15) is 9.78 Å². The minimum atomic E-state index is -0.596. The van der Waals surface area contributed by atoms with Crippen LogP contribution in [0.15, 0.2) is 60.8 Å². The summed E-state index contributed by atoms with van der Waals surface area (Å²) in [6.45, 7) is 0. The number of methoxy groups -OCH3 is 2. The summed E-state index contributed by atoms with van der Waals surface area (Å²) in [4.78, 5) is 11.9. The van der Waals surface area contributed by atoms with E-state index in [-0.39, 0.29) is 0 Å². The summed E-state index contributed by atoms with van der Waals surface area (Å²) >= 11 is 0. The standard InChI is InChI=1S/C22H21N3O3/c1-27-18-7-3-5-16(11-18)22(17-6-4-8-19(12-17)28-2)10-9-15-14-24-25(21(23)26)20(15)13-22/h3-12,14H,13H2,1-2H3,(H2,23,26). The predicted molar refractivity (Wildman–Crippen MR) is 107 cm³/mol. The van der Waals surface area contributed by atoms with Crippen molar-refractivity contribution in [2.75, 3.05) is 14.2 Å². The zero-order chi connectivity index (χ0) is 19.7. The van der Waals surface area contributed by atoms with Crippen molar-refractivity contribution in [2.24, 2.45) is 5.73 Å². The first kappa shape index (κ1) is 17.9. The number of fused-ring (bicyclic) bond motifs is 1. The zero-order valence-corrected chi connectivity index (χ0v) is 15.8. The molecule has 2 N–H and O–H groups in total. The molecule has 0 saturated carbocycles. The normalized spacial score (nSPS) is 14.4. The Labute approximate surface area is 163 Å². The van der Waals surface area contributed by atoms with Crippen molar-refractivity contribution in [1.82, 2.24) is 9.78 Å². The molecule has 1 amide bonds. The molecule has 0 radical (unpaired) electrons. The van der Waals surface area contributed by atoms with Crippen molar-refractivity contribution in [1.29, 1.82) is 0 Å². The number of hydrogen-bond acceptors (Lipinski definition) is 4. The van der Waals surface area contributed by atoms with Crippen molar-refractivity contribution in [2.45, 2.75) is 11.8 Å². The third kappa shape index (κ3) is 2.83. The van der Waals surface area contributed by atoms with E-state index in [1.165, 1.54) is 4.68 Å². The molecule has 3 aromatic rings. The summed E-state index contributed by atoms with van der Waals surface area (Å²) < 4.78 is 12.2. The average Bonchev–Trinajstić information content (AvgIpc) is 3.17. The molecule has 1 aliphatic carbocycles. The van der Waals surface area contributed by atoms with E-state index in [9.17, 15) is 4.79 Å². The molecule has 0 saturated heterocycles. The van der Waals surface area contributed by atoms with Crippen LogP contribution in [0.1, 0.15) is 22.4 Å². The number of amides is 1. The van der Waals surface area contributed by atoms with E-state index in [0.717, 1.165) is 33.9 Å². The average molecular weight is 375 g/mol. The molecule has 0 bridgehead atoms. The highest BCUT2D eigenvalue weighted by atomic mass is 16.5. The first-order valence-electron chi connectivity index (χ1n) is 8.92. The first-order chi connectivity index (χ1) is 13.6. The number of nitrogens with two attached hydrogens (primary N) is 1. The van der Waals surface area contributed by atoms with Gasteiger partial charge < -0.3 is 15.2 Å². The molecule has 4 rings (SSSR count). The van der Waals surface area contributed by atoms with Crippen molar-refractivity contribution in [3.05, 3.63) is 83.2 Å². The Balaban J connectivity index is 1.94. The Kier molecular flexibility index (Phi) is 4.39. The van der Waals surface area contributed by atoms with E-state index < -0.39 is 11.4 Å². The fraction of sp³-hybridized carbons (Fsp3) is 0.182. The van der Waals surface area contributed by atoms with Gasteiger partial charge in [0.2, 0.25) is 0 Å². The maximum Gasteiger partial charge on any atom is 0.339 e. The predicted octanol–water partition coefficient (Wildman–Crippen LogP) is 3.38. The molecule has 1 heterocycles. The molecular weight excluding hydrogens is 354 g/mol. The van der Waals surface area contributed by atoms with Crippen molar-refractivity contribution >= 4 is 12.1 Å². The summed E-state index contributed by atoms with van der Waals surface area (Å²) in [5.74, 6) is 1.53. The lowest BCUT2D eigenvalue weighted by atomic mass is 9.68. The topological polar surface area (TPSA) is 79.4 Å². The van der Waals surface area contributed by atoms with E-state index in [4.69, 9.17) is 15.2 Å². The first-order valence-corrected chi connectivity index (χ1v) is 8.92. The van der Waals surface area contributed by atoms with Gasteiger partial charge in [-0.15, -0.1) is 0 Å². The molecule has 6 nitrogen and oxygen atoms in total. The number of allylic oxidation sites excluding steroid dienone is 1. The van der Waals surface area contributed by atoms with Gasteiger partial charge in [-0.3, -0.25) is 0 Å². The van der Waals surface area contributed by atoms with Gasteiger partial charge in [-0.25, -0.2) is 4.79 Å². The third-order valence-corrected chi connectivity index (χ3v) is 5.27. The number of aromatic nitrogens is 2. The van der Waals surface area contributed by atoms with Crippen LogP contribution in [0.25, 0.3) is 6.08 Å². The maximum atomic E-state index is 11.9. The Morgan fingerprint density at radius 2 is 1.68 bits per heavy atom. The molecule has 6 heteroatoms. The van der Waals surface area contributed by atoms with Gasteiger partial charge in [0.1, 0.15) is 11.5 Å². The number of carbonyl (C=O) groups excluding carboxylic acids is 1. The van der Waals surface area contributed by atoms with E-state index in [0.29, 0.717) is 6.42 Å². The van der Waals surface area contributed by atoms with E-state index in [1.807, 2.05) is 42.5 Å². The zero-order valence-electron chi connectivity index (χ0n) is 15.8. The lowest BCUT2D eigenvalue weighted by Crippen LogP contribution is -2.33. The van der Waals surface area contributed by atoms with Crippen LogP contribution in [0.4, 0.5) is 4.79 Å². The Hall–Kier alpha value is -3.54. The number of primary amides is 1. The van der Waals surface area contributed by atoms with Gasteiger partial charge in [0.15, 0.2) is 0 Å². The largest absolute Gasteiger partial charge is 0.497 e. The number of hydrogen-bond donors (Lipinski definition) is 1. The smallest absolute Gasteiger partial charge is 0.339 e. The highest BCUT2D eigenvalue weighted by molar-refractivity contribution is 5.77. The summed E-state index contributed by atoms with van der Waals surface area (Å²) in [7, 11) is 3.29. The molecule has 1 aliphatic rings. The molecule has 1 aromatic heterocycles. The van der Waals surface area contributed by atoms with Crippen LogP contribution in [0.3, 0.4) is 0 Å². The second-order valence-electron chi connectivity index (χ2n) is 6.74. The van der Waals surface area contributed by atoms with Crippen LogP contribution < -0.4 is 15.2 Å². The third-order valence-electron chi connectivity index (χ3n) is 5.27. The highest BCUT2D eigenvalue weighted by Gasteiger charge is 2.37. The number of carbonyl (C=O) groups is 1. The summed E-state index contributed by atoms with van der Waals surface area (Å²) in [5, 5.41) is 4.16. The van der Waals surface area contributed by atoms with Crippen LogP contribution in [0, 0.1) is 0 Å². The van der Waals surface area contributed by atoms with Gasteiger partial charge in [-0.05, 0) is 35.4 Å². The Morgan fingerprint density at radius 3 is 2.21 bits per heavy atom. The van der Waals surface area contributed by atoms with Crippen LogP contribution in [0.5, 0.6) is 11.5 Å². The van der Waals surface area contributed by atoms with Crippen molar-refractivity contribution in [3.8, 4) is 11.5 Å². The van der Waals surface area contributed by atoms with E-state index >= 15 is 0 Å². The monoisotopic (exact) mass is 375 g/mol. The van der Waals surface area contributed by atoms with Crippen molar-refractivity contribution in [3.63, 3.8) is 0 Å². The van der Waals surface area contributed by atoms with Gasteiger partial charge in [0.25, 0.3) is 0 Å². The van der Waals surface area contributed by atoms with Gasteiger partial charge >= 0.3 is 6.03 Å². The van der Waals surface area contributed by atoms with Crippen LogP contribution in [0.2, 0.25) is 0 Å². The minimum Gasteiger partial charge on any atom is -0.497 e. The fourth-order valence-electron chi connectivity index (χ4n) is 3.81. The SMILES string of the molecule is COc1cccc(C2(c3cccc(OC)c3)C=Cc3cnn(C(N)=O)c3C2)c1. The number of rotatable bonds is 4. The fourth-order valence-corrected chi connectivity index (χ4v) is 3.81. The quantitative estimate of drug-likeness (QED) is 0.758. The lowest BCUT2D eigenvalue weighted by molar-refractivity contribution is 0.246. The maximum absolute atomic E-state index is 11.9. The summed E-state index contributed by atoms with van der Waals surface area (Å²) in [5.41, 5.74) is 8.76. The van der Waals surface area contributed by atoms with E-state index in [2.05, 4.69) is 23.3 Å². The summed E-state index contributed by atoms with van der Waals surface area (Å²) in [6, 6.07) is 15.3. The van der Waals surface area contributed by atoms with Crippen LogP contribution in [-0.4, -0.2) is 30.0 Å². The molecule has 0 atom stereocenters. The Morgan fingerprint density at radius 1 is 1.07 bits per heavy atom. The minimum absolute atomic E-state index is 0.524. The number of ether oxygens (including phenoxy) is 2. The molecule has 142 valence electrons. The highest BCUT2D eigenvalue weighted by Crippen LogP contribution is 2.43. The van der Waals surface area contributed by atoms with Gasteiger partial charge in [-0.1, -0.05) is 36.4 Å². The number of benzene rings is 2. The van der Waals surface area contributed by atoms with Crippen LogP contribution in [-0.2, 0) is 11.8 Å². The van der Waals surface area contributed by atoms with Crippen LogP contribution >= 0.6 is 0 Å². The molecule has 0 aliphatic heterocycles. The van der Waals surface area contributed by atoms with Crippen molar-refractivity contribution < 1.29 is 14.3 Å². The number of nitrogens with zero attached hydrogens (tertiary/aromatic N) is 2. The molecule has 0 unspecified atom stereocenters. The molecule has 0 spiro atoms. The molecular formula is C22H21N3O3. The van der Waals surface area contributed by atoms with E-state index in [1.54, 1.807) is 20.4 Å². The molecule has 2 aromatic carbocycles. The summed E-state index contributed by atoms with van der Waals surface area (Å²) in [6.07, 6.45) is 6.33. The lowest BCUT2D eigenvalue weighted by Gasteiger charge is -2.35. The molecule has 0 fully saturated rings. The Bertz CT molecular complexity index is 1020. The molecule has 28 heavy (non-hydrogen) atoms. The van der Waals surface area contributed by atoms with Gasteiger partial charge in [0, 0.05) is 17.4 Å². The van der Waals surface area contributed by atoms with Gasteiger partial charge in [0.05, 0.1) is 26.1 Å². The second-order valence-corrected chi connectivity index (χ2v) is 6.74. The second kappa shape index (κ2) is 6.88.